The van der Waals surface area contributed by atoms with E-state index in [9.17, 15) is 23.1 Å². The van der Waals surface area contributed by atoms with Crippen LogP contribution in [-0.4, -0.2) is 35.3 Å². The number of carbonyl (C=O) groups is 1. The Morgan fingerprint density at radius 2 is 1.91 bits per heavy atom. The Kier molecular flexibility index (Phi) is 6.80. The number of aromatic nitrogens is 2. The van der Waals surface area contributed by atoms with Gasteiger partial charge in [0.15, 0.2) is 0 Å². The summed E-state index contributed by atoms with van der Waals surface area (Å²) >= 11 is 0. The standard InChI is InChI=1S/C23H27F3N2O3Si/c1-15-18(22(29)30)7-8-27-19(15)12-16-5-6-20-17(11-16)13-21(23(24,25)26)28(20)14-31-9-10-32(2,3)4/h5-8,11,13H,9-10,12,14H2,1-4H3,(H,29,30). The normalized spacial score (nSPS) is 12.5. The predicted octanol–water partition coefficient (Wildman–Crippen LogP) is 5.96. The second-order valence-electron chi connectivity index (χ2n) is 9.11. The van der Waals surface area contributed by atoms with Crippen molar-refractivity contribution in [3.63, 3.8) is 0 Å². The van der Waals surface area contributed by atoms with Crippen molar-refractivity contribution in [2.24, 2.45) is 0 Å². The van der Waals surface area contributed by atoms with Gasteiger partial charge in [-0.3, -0.25) is 4.98 Å². The van der Waals surface area contributed by atoms with Crippen LogP contribution >= 0.6 is 0 Å². The molecule has 0 aliphatic heterocycles. The number of hydrogen-bond donors (Lipinski definition) is 1. The van der Waals surface area contributed by atoms with Crippen LogP contribution in [0.3, 0.4) is 0 Å². The molecule has 32 heavy (non-hydrogen) atoms. The Balaban J connectivity index is 1.91. The molecular weight excluding hydrogens is 437 g/mol. The first-order valence-corrected chi connectivity index (χ1v) is 14.0. The summed E-state index contributed by atoms with van der Waals surface area (Å²) in [5.41, 5.74) is 1.73. The number of rotatable bonds is 8. The second-order valence-corrected chi connectivity index (χ2v) is 14.7. The predicted molar refractivity (Wildman–Crippen MR) is 120 cm³/mol. The van der Waals surface area contributed by atoms with Crippen molar-refractivity contribution in [3.05, 3.63) is 64.6 Å². The van der Waals surface area contributed by atoms with Crippen molar-refractivity contribution in [1.82, 2.24) is 9.55 Å². The topological polar surface area (TPSA) is 64.3 Å². The number of benzene rings is 1. The smallest absolute Gasteiger partial charge is 0.431 e. The van der Waals surface area contributed by atoms with E-state index in [0.717, 1.165) is 22.2 Å². The van der Waals surface area contributed by atoms with E-state index in [1.807, 2.05) is 0 Å². The number of pyridine rings is 1. The summed E-state index contributed by atoms with van der Waals surface area (Å²) in [7, 11) is -1.34. The van der Waals surface area contributed by atoms with E-state index < -0.39 is 25.9 Å². The van der Waals surface area contributed by atoms with E-state index in [1.54, 1.807) is 25.1 Å². The Morgan fingerprint density at radius 1 is 1.19 bits per heavy atom. The van der Waals surface area contributed by atoms with Gasteiger partial charge in [-0.2, -0.15) is 13.2 Å². The van der Waals surface area contributed by atoms with E-state index in [4.69, 9.17) is 4.74 Å². The van der Waals surface area contributed by atoms with Gasteiger partial charge in [-0.05, 0) is 48.4 Å². The molecule has 0 aliphatic carbocycles. The van der Waals surface area contributed by atoms with Crippen LogP contribution in [0.15, 0.2) is 36.5 Å². The van der Waals surface area contributed by atoms with Gasteiger partial charge in [0.25, 0.3) is 0 Å². The molecule has 3 rings (SSSR count). The lowest BCUT2D eigenvalue weighted by Gasteiger charge is -2.17. The molecule has 0 radical (unpaired) electrons. The van der Waals surface area contributed by atoms with Crippen LogP contribution < -0.4 is 0 Å². The van der Waals surface area contributed by atoms with Crippen molar-refractivity contribution >= 4 is 24.9 Å². The van der Waals surface area contributed by atoms with Gasteiger partial charge < -0.3 is 14.4 Å². The Labute approximate surface area is 185 Å². The van der Waals surface area contributed by atoms with Gasteiger partial charge in [0.1, 0.15) is 12.4 Å². The van der Waals surface area contributed by atoms with Crippen molar-refractivity contribution in [1.29, 1.82) is 0 Å². The summed E-state index contributed by atoms with van der Waals surface area (Å²) in [6.45, 7) is 8.51. The Morgan fingerprint density at radius 3 is 2.53 bits per heavy atom. The minimum Gasteiger partial charge on any atom is -0.478 e. The molecule has 0 saturated heterocycles. The molecule has 0 bridgehead atoms. The third-order valence-electron chi connectivity index (χ3n) is 5.38. The summed E-state index contributed by atoms with van der Waals surface area (Å²) in [5, 5.41) is 9.75. The first-order chi connectivity index (χ1) is 14.9. The molecule has 1 N–H and O–H groups in total. The number of fused-ring (bicyclic) bond motifs is 1. The number of carboxylic acids is 1. The van der Waals surface area contributed by atoms with Gasteiger partial charge in [0.2, 0.25) is 0 Å². The van der Waals surface area contributed by atoms with Crippen molar-refractivity contribution in [2.75, 3.05) is 6.61 Å². The van der Waals surface area contributed by atoms with Gasteiger partial charge in [0.05, 0.1) is 11.1 Å². The van der Waals surface area contributed by atoms with Crippen LogP contribution in [0.2, 0.25) is 25.7 Å². The molecule has 0 unspecified atom stereocenters. The summed E-state index contributed by atoms with van der Waals surface area (Å²) in [6.07, 6.45) is -2.75. The van der Waals surface area contributed by atoms with Crippen molar-refractivity contribution < 1.29 is 27.8 Å². The van der Waals surface area contributed by atoms with Gasteiger partial charge >= 0.3 is 12.1 Å². The Bertz CT molecular complexity index is 1130. The maximum absolute atomic E-state index is 13.7. The quantitative estimate of drug-likeness (QED) is 0.330. The molecule has 0 aliphatic rings. The van der Waals surface area contributed by atoms with Crippen LogP contribution in [0.5, 0.6) is 0 Å². The highest BCUT2D eigenvalue weighted by Crippen LogP contribution is 2.34. The van der Waals surface area contributed by atoms with Crippen LogP contribution in [0, 0.1) is 6.92 Å². The first-order valence-electron chi connectivity index (χ1n) is 10.3. The van der Waals surface area contributed by atoms with E-state index in [1.165, 1.54) is 12.3 Å². The highest BCUT2D eigenvalue weighted by molar-refractivity contribution is 6.76. The van der Waals surface area contributed by atoms with E-state index >= 15 is 0 Å². The minimum absolute atomic E-state index is 0.163. The summed E-state index contributed by atoms with van der Waals surface area (Å²) in [5.74, 6) is -1.04. The number of ether oxygens (including phenoxy) is 1. The molecule has 0 atom stereocenters. The molecule has 0 saturated carbocycles. The second kappa shape index (κ2) is 9.07. The fraction of sp³-hybridized carbons (Fsp3) is 0.391. The zero-order chi connectivity index (χ0) is 23.7. The number of aromatic carboxylic acids is 1. The number of alkyl halides is 3. The molecule has 5 nitrogen and oxygen atoms in total. The summed E-state index contributed by atoms with van der Waals surface area (Å²) in [4.78, 5) is 15.6. The van der Waals surface area contributed by atoms with Crippen LogP contribution in [0.4, 0.5) is 13.2 Å². The van der Waals surface area contributed by atoms with Crippen LogP contribution in [0.25, 0.3) is 10.9 Å². The zero-order valence-electron chi connectivity index (χ0n) is 18.6. The molecule has 3 aromatic rings. The maximum atomic E-state index is 13.7. The molecule has 0 amide bonds. The lowest BCUT2D eigenvalue weighted by molar-refractivity contribution is -0.145. The lowest BCUT2D eigenvalue weighted by Crippen LogP contribution is -2.22. The molecule has 1 aromatic carbocycles. The molecular formula is C23H27F3N2O3Si. The van der Waals surface area contributed by atoms with E-state index in [2.05, 4.69) is 24.6 Å². The van der Waals surface area contributed by atoms with Gasteiger partial charge in [-0.25, -0.2) is 4.79 Å². The minimum atomic E-state index is -4.50. The average Bonchev–Trinajstić information content (AvgIpc) is 3.04. The third kappa shape index (κ3) is 5.58. The molecule has 2 heterocycles. The van der Waals surface area contributed by atoms with E-state index in [-0.39, 0.29) is 12.3 Å². The fourth-order valence-electron chi connectivity index (χ4n) is 3.52. The van der Waals surface area contributed by atoms with Crippen LogP contribution in [0.1, 0.15) is 32.9 Å². The third-order valence-corrected chi connectivity index (χ3v) is 7.09. The van der Waals surface area contributed by atoms with E-state index in [0.29, 0.717) is 35.2 Å². The highest BCUT2D eigenvalue weighted by Gasteiger charge is 2.35. The SMILES string of the molecule is Cc1c(C(=O)O)ccnc1Cc1ccc2c(c1)cc(C(F)(F)F)n2COCC[Si](C)(C)C. The van der Waals surface area contributed by atoms with Gasteiger partial charge in [-0.1, -0.05) is 25.7 Å². The number of hydrogen-bond acceptors (Lipinski definition) is 3. The zero-order valence-corrected chi connectivity index (χ0v) is 19.6. The first kappa shape index (κ1) is 24.0. The van der Waals surface area contributed by atoms with Gasteiger partial charge in [-0.15, -0.1) is 0 Å². The number of halogens is 3. The lowest BCUT2D eigenvalue weighted by atomic mass is 10.0. The van der Waals surface area contributed by atoms with Gasteiger partial charge in [0, 0.05) is 38.4 Å². The Hall–Kier alpha value is -2.65. The molecule has 172 valence electrons. The molecule has 9 heteroatoms. The molecule has 0 spiro atoms. The average molecular weight is 465 g/mol. The largest absolute Gasteiger partial charge is 0.478 e. The fourth-order valence-corrected chi connectivity index (χ4v) is 4.28. The van der Waals surface area contributed by atoms with Crippen molar-refractivity contribution in [3.8, 4) is 0 Å². The monoisotopic (exact) mass is 464 g/mol. The maximum Gasteiger partial charge on any atom is 0.431 e. The number of nitrogens with zero attached hydrogens (tertiary/aromatic N) is 2. The molecule has 0 fully saturated rings. The highest BCUT2D eigenvalue weighted by atomic mass is 28.3. The summed E-state index contributed by atoms with van der Waals surface area (Å²) in [6, 6.07) is 8.53. The van der Waals surface area contributed by atoms with Crippen molar-refractivity contribution in [2.45, 2.75) is 51.9 Å². The summed E-state index contributed by atoms with van der Waals surface area (Å²) < 4.78 is 47.8. The number of carboxylic acid groups (broad SMARTS) is 1. The molecule has 2 aromatic heterocycles. The van der Waals surface area contributed by atoms with Crippen LogP contribution in [-0.2, 0) is 24.1 Å².